The van der Waals surface area contributed by atoms with Gasteiger partial charge < -0.3 is 9.84 Å². The molecule has 1 aromatic carbocycles. The quantitative estimate of drug-likeness (QED) is 0.762. The molecular weight excluding hydrogens is 320 g/mol. The summed E-state index contributed by atoms with van der Waals surface area (Å²) in [6.45, 7) is 0.177. The van der Waals surface area contributed by atoms with Crippen molar-refractivity contribution in [2.45, 2.75) is 6.54 Å². The molecule has 3 rings (SSSR count). The molecule has 2 N–H and O–H groups in total. The van der Waals surface area contributed by atoms with Crippen molar-refractivity contribution in [2.75, 3.05) is 0 Å². The lowest BCUT2D eigenvalue weighted by molar-refractivity contribution is 0.0944. The standard InChI is InChI=1S/C15H11ClN4O3/c16-10-3-1-9(2-4-10)13-7-11(20-23-13)8-17-15(22)12-5-6-14(21)19-18-12/h1-7H,8H2,(H,17,22)(H,19,21). The number of halogens is 1. The molecule has 0 aliphatic heterocycles. The predicted molar refractivity (Wildman–Crippen MR) is 83.0 cm³/mol. The summed E-state index contributed by atoms with van der Waals surface area (Å²) in [7, 11) is 0. The highest BCUT2D eigenvalue weighted by Gasteiger charge is 2.10. The molecule has 116 valence electrons. The van der Waals surface area contributed by atoms with Gasteiger partial charge in [0.25, 0.3) is 11.5 Å². The molecule has 0 radical (unpaired) electrons. The minimum Gasteiger partial charge on any atom is -0.356 e. The second-order valence-corrected chi connectivity index (χ2v) is 5.11. The van der Waals surface area contributed by atoms with Gasteiger partial charge >= 0.3 is 0 Å². The summed E-state index contributed by atoms with van der Waals surface area (Å²) in [5, 5.41) is 13.0. The van der Waals surface area contributed by atoms with Crippen molar-refractivity contribution in [3.63, 3.8) is 0 Å². The molecule has 0 aliphatic rings. The van der Waals surface area contributed by atoms with Crippen molar-refractivity contribution in [3.8, 4) is 11.3 Å². The van der Waals surface area contributed by atoms with Gasteiger partial charge in [0.15, 0.2) is 5.76 Å². The molecular formula is C15H11ClN4O3. The normalized spacial score (nSPS) is 10.5. The van der Waals surface area contributed by atoms with Crippen LogP contribution in [0.25, 0.3) is 11.3 Å². The molecule has 0 unspecified atom stereocenters. The largest absolute Gasteiger partial charge is 0.356 e. The van der Waals surface area contributed by atoms with Crippen LogP contribution in [0.3, 0.4) is 0 Å². The van der Waals surface area contributed by atoms with Crippen molar-refractivity contribution < 1.29 is 9.32 Å². The first-order chi connectivity index (χ1) is 11.1. The van der Waals surface area contributed by atoms with Gasteiger partial charge in [0.1, 0.15) is 11.4 Å². The number of benzene rings is 1. The van der Waals surface area contributed by atoms with Crippen molar-refractivity contribution in [1.29, 1.82) is 0 Å². The second kappa shape index (κ2) is 6.45. The van der Waals surface area contributed by atoms with Crippen LogP contribution >= 0.6 is 11.6 Å². The summed E-state index contributed by atoms with van der Waals surface area (Å²) >= 11 is 5.84. The molecule has 7 nitrogen and oxygen atoms in total. The number of rotatable bonds is 4. The number of carbonyl (C=O) groups excluding carboxylic acids is 1. The fourth-order valence-electron chi connectivity index (χ4n) is 1.88. The van der Waals surface area contributed by atoms with Crippen LogP contribution in [0.5, 0.6) is 0 Å². The Balaban J connectivity index is 1.65. The lowest BCUT2D eigenvalue weighted by Gasteiger charge is -2.00. The third kappa shape index (κ3) is 3.64. The first kappa shape index (κ1) is 15.0. The first-order valence-electron chi connectivity index (χ1n) is 6.67. The van der Waals surface area contributed by atoms with Crippen LogP contribution in [-0.2, 0) is 6.54 Å². The highest BCUT2D eigenvalue weighted by Crippen LogP contribution is 2.22. The highest BCUT2D eigenvalue weighted by atomic mass is 35.5. The number of nitrogens with one attached hydrogen (secondary N) is 2. The van der Waals surface area contributed by atoms with E-state index in [1.165, 1.54) is 12.1 Å². The number of aromatic amines is 1. The van der Waals surface area contributed by atoms with E-state index in [1.54, 1.807) is 18.2 Å². The molecule has 2 aromatic heterocycles. The average molecular weight is 331 g/mol. The molecule has 1 amide bonds. The summed E-state index contributed by atoms with van der Waals surface area (Å²) in [4.78, 5) is 22.8. The molecule has 0 saturated carbocycles. The van der Waals surface area contributed by atoms with Crippen LogP contribution in [0.15, 0.2) is 51.8 Å². The molecule has 0 bridgehead atoms. The van der Waals surface area contributed by atoms with Crippen molar-refractivity contribution in [3.05, 3.63) is 69.2 Å². The van der Waals surface area contributed by atoms with E-state index in [0.29, 0.717) is 16.5 Å². The third-order valence-corrected chi connectivity index (χ3v) is 3.28. The number of aromatic nitrogens is 3. The Labute approximate surface area is 135 Å². The maximum atomic E-state index is 11.9. The van der Waals surface area contributed by atoms with Gasteiger partial charge in [-0.15, -0.1) is 0 Å². The molecule has 0 aliphatic carbocycles. The molecule has 23 heavy (non-hydrogen) atoms. The van der Waals surface area contributed by atoms with E-state index in [-0.39, 0.29) is 17.8 Å². The fourth-order valence-corrected chi connectivity index (χ4v) is 2.00. The first-order valence-corrected chi connectivity index (χ1v) is 7.05. The molecule has 0 fully saturated rings. The van der Waals surface area contributed by atoms with Crippen molar-refractivity contribution >= 4 is 17.5 Å². The Morgan fingerprint density at radius 1 is 1.22 bits per heavy atom. The Morgan fingerprint density at radius 2 is 2.00 bits per heavy atom. The van der Waals surface area contributed by atoms with Crippen molar-refractivity contribution in [1.82, 2.24) is 20.7 Å². The van der Waals surface area contributed by atoms with E-state index in [1.807, 2.05) is 12.1 Å². The number of nitrogens with zero attached hydrogens (tertiary/aromatic N) is 2. The maximum Gasteiger partial charge on any atom is 0.272 e. The number of hydrogen-bond donors (Lipinski definition) is 2. The van der Waals surface area contributed by atoms with E-state index in [4.69, 9.17) is 16.1 Å². The zero-order valence-corrected chi connectivity index (χ0v) is 12.5. The van der Waals surface area contributed by atoms with Gasteiger partial charge in [0, 0.05) is 22.7 Å². The summed E-state index contributed by atoms with van der Waals surface area (Å²) in [6, 6.07) is 11.4. The molecule has 2 heterocycles. The summed E-state index contributed by atoms with van der Waals surface area (Å²) in [5.74, 6) is 0.158. The number of carbonyl (C=O) groups is 1. The van der Waals surface area contributed by atoms with E-state index in [9.17, 15) is 9.59 Å². The molecule has 0 atom stereocenters. The van der Waals surface area contributed by atoms with Gasteiger partial charge in [-0.25, -0.2) is 5.10 Å². The number of hydrogen-bond acceptors (Lipinski definition) is 5. The van der Waals surface area contributed by atoms with E-state index in [2.05, 4.69) is 20.7 Å². The SMILES string of the molecule is O=C(NCc1cc(-c2ccc(Cl)cc2)on1)c1ccc(=O)[nH]n1. The second-order valence-electron chi connectivity index (χ2n) is 4.68. The Morgan fingerprint density at radius 3 is 2.70 bits per heavy atom. The van der Waals surface area contributed by atoms with E-state index >= 15 is 0 Å². The monoisotopic (exact) mass is 330 g/mol. The van der Waals surface area contributed by atoms with Crippen LogP contribution in [0, 0.1) is 0 Å². The van der Waals surface area contributed by atoms with Gasteiger partial charge in [0.2, 0.25) is 0 Å². The van der Waals surface area contributed by atoms with Gasteiger partial charge in [0.05, 0.1) is 6.54 Å². The Kier molecular flexibility index (Phi) is 4.20. The number of amides is 1. The van der Waals surface area contributed by atoms with Gasteiger partial charge in [-0.2, -0.15) is 5.10 Å². The molecule has 3 aromatic rings. The minimum atomic E-state index is -0.419. The zero-order valence-electron chi connectivity index (χ0n) is 11.7. The summed E-state index contributed by atoms with van der Waals surface area (Å²) in [6.07, 6.45) is 0. The highest BCUT2D eigenvalue weighted by molar-refractivity contribution is 6.30. The van der Waals surface area contributed by atoms with Crippen LogP contribution < -0.4 is 10.9 Å². The smallest absolute Gasteiger partial charge is 0.272 e. The van der Waals surface area contributed by atoms with Gasteiger partial charge in [-0.1, -0.05) is 16.8 Å². The predicted octanol–water partition coefficient (Wildman–Crippen LogP) is 2.01. The fraction of sp³-hybridized carbons (Fsp3) is 0.0667. The minimum absolute atomic E-state index is 0.117. The maximum absolute atomic E-state index is 11.9. The lowest BCUT2D eigenvalue weighted by atomic mass is 10.1. The Bertz CT molecular complexity index is 866. The number of H-pyrrole nitrogens is 1. The lowest BCUT2D eigenvalue weighted by Crippen LogP contribution is -2.25. The molecule has 0 spiro atoms. The summed E-state index contributed by atoms with van der Waals surface area (Å²) < 4.78 is 5.24. The van der Waals surface area contributed by atoms with Crippen LogP contribution in [0.4, 0.5) is 0 Å². The van der Waals surface area contributed by atoms with Crippen LogP contribution in [0.1, 0.15) is 16.2 Å². The van der Waals surface area contributed by atoms with Crippen LogP contribution in [-0.4, -0.2) is 21.3 Å². The van der Waals surface area contributed by atoms with E-state index in [0.717, 1.165) is 5.56 Å². The molecule has 8 heteroatoms. The summed E-state index contributed by atoms with van der Waals surface area (Å²) in [5.41, 5.74) is 1.14. The Hall–Kier alpha value is -2.93. The zero-order chi connectivity index (χ0) is 16.2. The van der Waals surface area contributed by atoms with Gasteiger partial charge in [-0.3, -0.25) is 9.59 Å². The van der Waals surface area contributed by atoms with Gasteiger partial charge in [-0.05, 0) is 30.3 Å². The van der Waals surface area contributed by atoms with Crippen LogP contribution in [0.2, 0.25) is 5.02 Å². The third-order valence-electron chi connectivity index (χ3n) is 3.03. The van der Waals surface area contributed by atoms with Crippen molar-refractivity contribution in [2.24, 2.45) is 0 Å². The average Bonchev–Trinajstić information content (AvgIpc) is 3.03. The van der Waals surface area contributed by atoms with E-state index < -0.39 is 5.91 Å². The molecule has 0 saturated heterocycles. The topological polar surface area (TPSA) is 101 Å².